The highest BCUT2D eigenvalue weighted by Gasteiger charge is 2.36. The number of nitrogens with zero attached hydrogens (tertiary/aromatic N) is 2. The molecule has 2 aromatic carbocycles. The molecule has 27 heavy (non-hydrogen) atoms. The third kappa shape index (κ3) is 4.36. The molecule has 0 saturated carbocycles. The summed E-state index contributed by atoms with van der Waals surface area (Å²) in [5.41, 5.74) is -0.974. The van der Waals surface area contributed by atoms with Gasteiger partial charge in [0.15, 0.2) is 5.69 Å². The van der Waals surface area contributed by atoms with E-state index in [1.807, 2.05) is 0 Å². The predicted molar refractivity (Wildman–Crippen MR) is 101 cm³/mol. The van der Waals surface area contributed by atoms with Gasteiger partial charge in [-0.1, -0.05) is 50.1 Å². The molecule has 1 N–H and O–H groups in total. The van der Waals surface area contributed by atoms with E-state index in [0.29, 0.717) is 19.3 Å². The van der Waals surface area contributed by atoms with Crippen LogP contribution in [0.4, 0.5) is 13.2 Å². The predicted octanol–water partition coefficient (Wildman–Crippen LogP) is 5.03. The van der Waals surface area contributed by atoms with Crippen LogP contribution in [0, 0.1) is 0 Å². The topological polar surface area (TPSA) is 64.0 Å². The van der Waals surface area contributed by atoms with E-state index in [1.165, 1.54) is 24.3 Å². The Kier molecular flexibility index (Phi) is 5.37. The molecule has 11 heteroatoms. The molecule has 0 aliphatic heterocycles. The van der Waals surface area contributed by atoms with Gasteiger partial charge in [-0.25, -0.2) is 0 Å². The van der Waals surface area contributed by atoms with Crippen molar-refractivity contribution in [2.75, 3.05) is 4.83 Å². The van der Waals surface area contributed by atoms with Gasteiger partial charge in [0.1, 0.15) is 0 Å². The number of rotatable bonds is 4. The van der Waals surface area contributed by atoms with Crippen molar-refractivity contribution in [1.82, 2.24) is 9.89 Å². The lowest BCUT2D eigenvalue weighted by Crippen LogP contribution is -2.25. The van der Waals surface area contributed by atoms with Crippen molar-refractivity contribution >= 4 is 41.9 Å². The minimum absolute atomic E-state index is 0.0741. The van der Waals surface area contributed by atoms with Crippen LogP contribution in [0.5, 0.6) is 0 Å². The third-order valence-electron chi connectivity index (χ3n) is 3.46. The number of nitrogens with one attached hydrogen (secondary N) is 1. The SMILES string of the molecule is O=S(=O)(Nn1nc(C(F)(F)F)cc1-c1cc(Br)ccc1Br)c1ccccc1. The summed E-state index contributed by atoms with van der Waals surface area (Å²) in [5, 5.41) is 3.40. The van der Waals surface area contributed by atoms with Gasteiger partial charge in [0.25, 0.3) is 10.0 Å². The summed E-state index contributed by atoms with van der Waals surface area (Å²) in [6, 6.07) is 12.9. The molecule has 5 nitrogen and oxygen atoms in total. The number of hydrogen-bond donors (Lipinski definition) is 1. The zero-order chi connectivity index (χ0) is 19.8. The van der Waals surface area contributed by atoms with Gasteiger partial charge in [0, 0.05) is 14.5 Å². The molecule has 1 heterocycles. The lowest BCUT2D eigenvalue weighted by atomic mass is 10.1. The van der Waals surface area contributed by atoms with Crippen molar-refractivity contribution < 1.29 is 21.6 Å². The van der Waals surface area contributed by atoms with Gasteiger partial charge < -0.3 is 0 Å². The third-order valence-corrected chi connectivity index (χ3v) is 5.96. The van der Waals surface area contributed by atoms with Crippen LogP contribution in [0.15, 0.2) is 68.4 Å². The summed E-state index contributed by atoms with van der Waals surface area (Å²) in [6.45, 7) is 0. The first kappa shape index (κ1) is 19.9. The van der Waals surface area contributed by atoms with E-state index in [0.717, 1.165) is 6.07 Å². The van der Waals surface area contributed by atoms with Crippen LogP contribution in [-0.4, -0.2) is 18.3 Å². The Hall–Kier alpha value is -1.85. The number of sulfonamides is 1. The number of halogens is 5. The number of benzene rings is 2. The standard InChI is InChI=1S/C16H10Br2F3N3O2S/c17-10-6-7-13(18)12(8-10)14-9-15(16(19,20)21)22-24(14)23-27(25,26)11-4-2-1-3-5-11/h1-9,23H. The number of alkyl halides is 3. The highest BCUT2D eigenvalue weighted by molar-refractivity contribution is 9.11. The van der Waals surface area contributed by atoms with Gasteiger partial charge in [0.05, 0.1) is 10.6 Å². The van der Waals surface area contributed by atoms with Crippen LogP contribution in [-0.2, 0) is 16.2 Å². The quantitative estimate of drug-likeness (QED) is 0.521. The fourth-order valence-corrected chi connectivity index (χ4v) is 4.04. The maximum absolute atomic E-state index is 13.2. The van der Waals surface area contributed by atoms with E-state index in [1.54, 1.807) is 24.3 Å². The molecule has 0 saturated heterocycles. The first-order valence-corrected chi connectivity index (χ1v) is 10.4. The maximum Gasteiger partial charge on any atom is 0.435 e. The largest absolute Gasteiger partial charge is 0.435 e. The summed E-state index contributed by atoms with van der Waals surface area (Å²) < 4.78 is 65.6. The van der Waals surface area contributed by atoms with Gasteiger partial charge in [0.2, 0.25) is 0 Å². The molecule has 3 rings (SSSR count). The van der Waals surface area contributed by atoms with Crippen molar-refractivity contribution in [1.29, 1.82) is 0 Å². The minimum atomic E-state index is -4.74. The zero-order valence-corrected chi connectivity index (χ0v) is 17.2. The van der Waals surface area contributed by atoms with Crippen molar-refractivity contribution in [3.8, 4) is 11.3 Å². The Balaban J connectivity index is 2.15. The van der Waals surface area contributed by atoms with E-state index < -0.39 is 21.9 Å². The molecule has 3 aromatic rings. The van der Waals surface area contributed by atoms with E-state index in [4.69, 9.17) is 0 Å². The molecule has 0 bridgehead atoms. The normalized spacial score (nSPS) is 12.2. The highest BCUT2D eigenvalue weighted by Crippen LogP contribution is 2.35. The summed E-state index contributed by atoms with van der Waals surface area (Å²) in [6.07, 6.45) is -4.74. The number of aromatic nitrogens is 2. The van der Waals surface area contributed by atoms with Gasteiger partial charge in [-0.15, -0.1) is 5.10 Å². The van der Waals surface area contributed by atoms with Gasteiger partial charge in [-0.05, 0) is 36.4 Å². The molecule has 0 radical (unpaired) electrons. The van der Waals surface area contributed by atoms with Gasteiger partial charge >= 0.3 is 6.18 Å². The molecule has 0 amide bonds. The average molecular weight is 525 g/mol. The molecule has 1 aromatic heterocycles. The van der Waals surface area contributed by atoms with E-state index in [-0.39, 0.29) is 10.6 Å². The molecule has 0 atom stereocenters. The van der Waals surface area contributed by atoms with Crippen LogP contribution in [0.1, 0.15) is 5.69 Å². The molecule has 0 fully saturated rings. The zero-order valence-electron chi connectivity index (χ0n) is 13.2. The fourth-order valence-electron chi connectivity index (χ4n) is 2.24. The lowest BCUT2D eigenvalue weighted by molar-refractivity contribution is -0.141. The highest BCUT2D eigenvalue weighted by atomic mass is 79.9. The van der Waals surface area contributed by atoms with Crippen LogP contribution in [0.25, 0.3) is 11.3 Å². The van der Waals surface area contributed by atoms with Crippen molar-refractivity contribution in [3.05, 3.63) is 69.2 Å². The summed E-state index contributed by atoms with van der Waals surface area (Å²) in [7, 11) is -4.14. The van der Waals surface area contributed by atoms with Crippen LogP contribution < -0.4 is 4.83 Å². The summed E-state index contributed by atoms with van der Waals surface area (Å²) in [4.78, 5) is 2.59. The van der Waals surface area contributed by atoms with Crippen LogP contribution >= 0.6 is 31.9 Å². The molecule has 0 unspecified atom stereocenters. The monoisotopic (exact) mass is 523 g/mol. The Morgan fingerprint density at radius 1 is 1.00 bits per heavy atom. The molecular weight excluding hydrogens is 515 g/mol. The first-order chi connectivity index (χ1) is 12.6. The van der Waals surface area contributed by atoms with E-state index in [9.17, 15) is 21.6 Å². The second-order valence-electron chi connectivity index (χ2n) is 5.36. The Bertz CT molecular complexity index is 1080. The second-order valence-corrected chi connectivity index (χ2v) is 8.79. The molecule has 0 aliphatic carbocycles. The molecular formula is C16H10Br2F3N3O2S. The smallest absolute Gasteiger partial charge is 0.200 e. The first-order valence-electron chi connectivity index (χ1n) is 7.28. The molecule has 0 spiro atoms. The molecule has 142 valence electrons. The van der Waals surface area contributed by atoms with Crippen LogP contribution in [0.2, 0.25) is 0 Å². The van der Waals surface area contributed by atoms with Crippen LogP contribution in [0.3, 0.4) is 0 Å². The maximum atomic E-state index is 13.2. The van der Waals surface area contributed by atoms with Gasteiger partial charge in [-0.3, -0.25) is 0 Å². The van der Waals surface area contributed by atoms with E-state index in [2.05, 4.69) is 41.8 Å². The van der Waals surface area contributed by atoms with Gasteiger partial charge in [-0.2, -0.15) is 31.2 Å². The second kappa shape index (κ2) is 7.28. The fraction of sp³-hybridized carbons (Fsp3) is 0.0625. The lowest BCUT2D eigenvalue weighted by Gasteiger charge is -2.12. The summed E-state index contributed by atoms with van der Waals surface area (Å²) >= 11 is 6.52. The number of hydrogen-bond acceptors (Lipinski definition) is 3. The minimum Gasteiger partial charge on any atom is -0.200 e. The average Bonchev–Trinajstić information content (AvgIpc) is 3.01. The molecule has 0 aliphatic rings. The van der Waals surface area contributed by atoms with Crippen molar-refractivity contribution in [3.63, 3.8) is 0 Å². The summed E-state index contributed by atoms with van der Waals surface area (Å²) in [5.74, 6) is 0. The van der Waals surface area contributed by atoms with Crippen molar-refractivity contribution in [2.24, 2.45) is 0 Å². The van der Waals surface area contributed by atoms with Crippen molar-refractivity contribution in [2.45, 2.75) is 11.1 Å². The Labute approximate surface area is 169 Å². The Morgan fingerprint density at radius 3 is 2.30 bits per heavy atom. The van der Waals surface area contributed by atoms with E-state index >= 15 is 0 Å². The Morgan fingerprint density at radius 2 is 1.67 bits per heavy atom.